The van der Waals surface area contributed by atoms with E-state index in [2.05, 4.69) is 31.7 Å². The van der Waals surface area contributed by atoms with Gasteiger partial charge in [-0.1, -0.05) is 26.2 Å². The number of nitriles is 1. The molecule has 86 valence electrons. The molecule has 15 heavy (non-hydrogen) atoms. The summed E-state index contributed by atoms with van der Waals surface area (Å²) in [6, 6.07) is 3.59. The van der Waals surface area contributed by atoms with E-state index in [9.17, 15) is 5.26 Å². The van der Waals surface area contributed by atoms with Gasteiger partial charge in [-0.3, -0.25) is 4.90 Å². The molecule has 0 aromatic carbocycles. The standard InChI is InChI=1S/C13H24N2/c1-4-15(11(2)3)13-9-7-5-6-8-12(13)10-14/h11-13H,4-9H2,1-3H3. The van der Waals surface area contributed by atoms with Gasteiger partial charge in [0.05, 0.1) is 12.0 Å². The van der Waals surface area contributed by atoms with Crippen LogP contribution >= 0.6 is 0 Å². The van der Waals surface area contributed by atoms with Gasteiger partial charge < -0.3 is 0 Å². The minimum atomic E-state index is 0.259. The quantitative estimate of drug-likeness (QED) is 0.666. The highest BCUT2D eigenvalue weighted by atomic mass is 15.2. The highest BCUT2D eigenvalue weighted by Gasteiger charge is 2.29. The zero-order chi connectivity index (χ0) is 11.3. The predicted molar refractivity (Wildman–Crippen MR) is 63.5 cm³/mol. The van der Waals surface area contributed by atoms with Gasteiger partial charge in [0.1, 0.15) is 0 Å². The number of nitrogens with zero attached hydrogens (tertiary/aromatic N) is 2. The Balaban J connectivity index is 2.73. The summed E-state index contributed by atoms with van der Waals surface area (Å²) in [7, 11) is 0. The molecule has 2 unspecified atom stereocenters. The first-order valence-electron chi connectivity index (χ1n) is 6.36. The first kappa shape index (κ1) is 12.5. The maximum absolute atomic E-state index is 9.24. The molecule has 2 heteroatoms. The summed E-state index contributed by atoms with van der Waals surface area (Å²) in [5.41, 5.74) is 0. The first-order valence-corrected chi connectivity index (χ1v) is 6.36. The molecule has 0 heterocycles. The van der Waals surface area contributed by atoms with Crippen LogP contribution in [0.5, 0.6) is 0 Å². The molecule has 2 nitrogen and oxygen atoms in total. The topological polar surface area (TPSA) is 27.0 Å². The average molecular weight is 208 g/mol. The molecule has 0 amide bonds. The van der Waals surface area contributed by atoms with Gasteiger partial charge in [0.25, 0.3) is 0 Å². The molecule has 0 bridgehead atoms. The van der Waals surface area contributed by atoms with Crippen LogP contribution in [-0.4, -0.2) is 23.5 Å². The molecule has 0 aromatic heterocycles. The molecular weight excluding hydrogens is 184 g/mol. The molecule has 1 saturated carbocycles. The molecule has 1 aliphatic rings. The van der Waals surface area contributed by atoms with Gasteiger partial charge in [-0.2, -0.15) is 5.26 Å². The molecule has 0 radical (unpaired) electrons. The van der Waals surface area contributed by atoms with E-state index >= 15 is 0 Å². The molecule has 1 aliphatic carbocycles. The van der Waals surface area contributed by atoms with Crippen LogP contribution in [-0.2, 0) is 0 Å². The van der Waals surface area contributed by atoms with Crippen molar-refractivity contribution in [1.82, 2.24) is 4.90 Å². The van der Waals surface area contributed by atoms with E-state index in [0.717, 1.165) is 13.0 Å². The molecule has 0 spiro atoms. The van der Waals surface area contributed by atoms with Crippen molar-refractivity contribution >= 4 is 0 Å². The number of hydrogen-bond donors (Lipinski definition) is 0. The second-order valence-electron chi connectivity index (χ2n) is 4.87. The van der Waals surface area contributed by atoms with Gasteiger partial charge in [0, 0.05) is 12.1 Å². The fraction of sp³-hybridized carbons (Fsp3) is 0.923. The Morgan fingerprint density at radius 1 is 1.27 bits per heavy atom. The SMILES string of the molecule is CCN(C(C)C)C1CCCCCC1C#N. The highest BCUT2D eigenvalue weighted by molar-refractivity contribution is 4.95. The Bertz CT molecular complexity index is 217. The second-order valence-corrected chi connectivity index (χ2v) is 4.87. The minimum Gasteiger partial charge on any atom is -0.297 e. The summed E-state index contributed by atoms with van der Waals surface area (Å²) in [6.07, 6.45) is 6.16. The monoisotopic (exact) mass is 208 g/mol. The van der Waals surface area contributed by atoms with E-state index in [1.165, 1.54) is 25.7 Å². The molecule has 1 rings (SSSR count). The Labute approximate surface area is 94.3 Å². The lowest BCUT2D eigenvalue weighted by Crippen LogP contribution is -2.43. The lowest BCUT2D eigenvalue weighted by molar-refractivity contribution is 0.125. The molecule has 0 saturated heterocycles. The summed E-state index contributed by atoms with van der Waals surface area (Å²) in [5, 5.41) is 9.24. The largest absolute Gasteiger partial charge is 0.297 e. The Morgan fingerprint density at radius 3 is 2.47 bits per heavy atom. The van der Waals surface area contributed by atoms with Crippen LogP contribution in [0.1, 0.15) is 52.9 Å². The lowest BCUT2D eigenvalue weighted by atomic mass is 9.94. The molecule has 1 fully saturated rings. The van der Waals surface area contributed by atoms with E-state index < -0.39 is 0 Å². The van der Waals surface area contributed by atoms with Gasteiger partial charge in [-0.05, 0) is 33.2 Å². The highest BCUT2D eigenvalue weighted by Crippen LogP contribution is 2.28. The van der Waals surface area contributed by atoms with Crippen LogP contribution in [0.3, 0.4) is 0 Å². The van der Waals surface area contributed by atoms with Crippen molar-refractivity contribution in [2.75, 3.05) is 6.54 Å². The van der Waals surface area contributed by atoms with Crippen molar-refractivity contribution in [2.24, 2.45) is 5.92 Å². The van der Waals surface area contributed by atoms with Crippen molar-refractivity contribution in [3.8, 4) is 6.07 Å². The van der Waals surface area contributed by atoms with Gasteiger partial charge in [0.2, 0.25) is 0 Å². The Hall–Kier alpha value is -0.550. The van der Waals surface area contributed by atoms with Crippen LogP contribution < -0.4 is 0 Å². The average Bonchev–Trinajstić information content (AvgIpc) is 2.44. The van der Waals surface area contributed by atoms with Gasteiger partial charge >= 0.3 is 0 Å². The van der Waals surface area contributed by atoms with Crippen LogP contribution in [0.4, 0.5) is 0 Å². The van der Waals surface area contributed by atoms with Crippen LogP contribution in [0.2, 0.25) is 0 Å². The maximum Gasteiger partial charge on any atom is 0.0672 e. The lowest BCUT2D eigenvalue weighted by Gasteiger charge is -2.35. The summed E-state index contributed by atoms with van der Waals surface area (Å²) >= 11 is 0. The van der Waals surface area contributed by atoms with E-state index in [4.69, 9.17) is 0 Å². The van der Waals surface area contributed by atoms with E-state index in [-0.39, 0.29) is 5.92 Å². The summed E-state index contributed by atoms with van der Waals surface area (Å²) in [4.78, 5) is 2.50. The number of hydrogen-bond acceptors (Lipinski definition) is 2. The van der Waals surface area contributed by atoms with Gasteiger partial charge in [-0.25, -0.2) is 0 Å². The summed E-state index contributed by atoms with van der Waals surface area (Å²) < 4.78 is 0. The fourth-order valence-electron chi connectivity index (χ4n) is 2.82. The van der Waals surface area contributed by atoms with E-state index in [1.54, 1.807) is 0 Å². The zero-order valence-corrected chi connectivity index (χ0v) is 10.4. The van der Waals surface area contributed by atoms with Gasteiger partial charge in [-0.15, -0.1) is 0 Å². The fourth-order valence-corrected chi connectivity index (χ4v) is 2.82. The van der Waals surface area contributed by atoms with E-state index in [0.29, 0.717) is 12.1 Å². The third-order valence-corrected chi connectivity index (χ3v) is 3.60. The first-order chi connectivity index (χ1) is 7.20. The molecule has 0 N–H and O–H groups in total. The van der Waals surface area contributed by atoms with Crippen LogP contribution in [0.25, 0.3) is 0 Å². The maximum atomic E-state index is 9.24. The third kappa shape index (κ3) is 3.21. The molecule has 0 aliphatic heterocycles. The van der Waals surface area contributed by atoms with Crippen molar-refractivity contribution in [1.29, 1.82) is 5.26 Å². The normalized spacial score (nSPS) is 27.7. The Morgan fingerprint density at radius 2 is 1.93 bits per heavy atom. The second kappa shape index (κ2) is 6.12. The summed E-state index contributed by atoms with van der Waals surface area (Å²) in [5.74, 6) is 0.259. The number of rotatable bonds is 3. The van der Waals surface area contributed by atoms with Crippen molar-refractivity contribution < 1.29 is 0 Å². The Kier molecular flexibility index (Phi) is 5.11. The van der Waals surface area contributed by atoms with Crippen LogP contribution in [0.15, 0.2) is 0 Å². The molecule has 2 atom stereocenters. The third-order valence-electron chi connectivity index (χ3n) is 3.60. The van der Waals surface area contributed by atoms with Gasteiger partial charge in [0.15, 0.2) is 0 Å². The molecule has 0 aromatic rings. The minimum absolute atomic E-state index is 0.259. The van der Waals surface area contributed by atoms with E-state index in [1.807, 2.05) is 0 Å². The smallest absolute Gasteiger partial charge is 0.0672 e. The zero-order valence-electron chi connectivity index (χ0n) is 10.4. The van der Waals surface area contributed by atoms with Crippen molar-refractivity contribution in [3.63, 3.8) is 0 Å². The van der Waals surface area contributed by atoms with Crippen molar-refractivity contribution in [3.05, 3.63) is 0 Å². The predicted octanol–water partition coefficient (Wildman–Crippen LogP) is 3.19. The van der Waals surface area contributed by atoms with Crippen molar-refractivity contribution in [2.45, 2.75) is 65.0 Å². The van der Waals surface area contributed by atoms with Crippen LogP contribution in [0, 0.1) is 17.2 Å². The molecular formula is C13H24N2. The summed E-state index contributed by atoms with van der Waals surface area (Å²) in [6.45, 7) is 7.76.